The van der Waals surface area contributed by atoms with Crippen LogP contribution in [-0.2, 0) is 0 Å². The molecule has 9 nitrogen and oxygen atoms in total. The highest BCUT2D eigenvalue weighted by Gasteiger charge is 2.13. The highest BCUT2D eigenvalue weighted by Crippen LogP contribution is 2.38. The summed E-state index contributed by atoms with van der Waals surface area (Å²) in [5, 5.41) is 22.1. The molecule has 0 aliphatic rings. The van der Waals surface area contributed by atoms with E-state index in [9.17, 15) is 9.90 Å². The molecule has 0 aliphatic heterocycles. The Bertz CT molecular complexity index is 1490. The average Bonchev–Trinajstić information content (AvgIpc) is 3.09. The van der Waals surface area contributed by atoms with E-state index in [4.69, 9.17) is 11.5 Å². The second kappa shape index (κ2) is 9.07. The van der Waals surface area contributed by atoms with Crippen LogP contribution in [0.25, 0.3) is 16.8 Å². The lowest BCUT2D eigenvalue weighted by molar-refractivity contribution is 0.479. The van der Waals surface area contributed by atoms with Gasteiger partial charge in [0.2, 0.25) is 0 Å². The van der Waals surface area contributed by atoms with E-state index in [1.54, 1.807) is 43.3 Å². The Hall–Kier alpha value is -4.66. The van der Waals surface area contributed by atoms with Gasteiger partial charge in [-0.15, -0.1) is 5.11 Å². The molecule has 6 N–H and O–H groups in total. The third-order valence-electron chi connectivity index (χ3n) is 5.48. The molecule has 0 spiro atoms. The Morgan fingerprint density at radius 3 is 2.44 bits per heavy atom. The molecule has 0 amide bonds. The van der Waals surface area contributed by atoms with E-state index in [1.807, 2.05) is 38.1 Å². The number of hydrogen-bond acceptors (Lipinski definition) is 5. The number of aromatic hydroxyl groups is 1. The summed E-state index contributed by atoms with van der Waals surface area (Å²) in [5.41, 5.74) is 16.4. The zero-order valence-electron chi connectivity index (χ0n) is 19.1. The van der Waals surface area contributed by atoms with Crippen LogP contribution < -0.4 is 17.0 Å². The van der Waals surface area contributed by atoms with Gasteiger partial charge in [0.05, 0.1) is 17.1 Å². The molecule has 0 fully saturated rings. The molecule has 1 heterocycles. The molecule has 0 bridgehead atoms. The fraction of sp³-hybridized carbons (Fsp3) is 0.120. The largest absolute Gasteiger partial charge is 0.505 e. The second-order valence-electron chi connectivity index (χ2n) is 7.95. The summed E-state index contributed by atoms with van der Waals surface area (Å²) in [6.07, 6.45) is 0. The number of phenolic OH excluding ortho intramolecular Hbond substituents is 1. The average molecular weight is 456 g/mol. The number of phenols is 1. The van der Waals surface area contributed by atoms with Crippen molar-refractivity contribution in [3.8, 4) is 22.6 Å². The first kappa shape index (κ1) is 22.5. The molecule has 0 aliphatic carbocycles. The summed E-state index contributed by atoms with van der Waals surface area (Å²) in [6.45, 7) is 5.79. The zero-order chi connectivity index (χ0) is 24.4. The molecule has 0 radical (unpaired) electrons. The summed E-state index contributed by atoms with van der Waals surface area (Å²) >= 11 is 0. The number of nitrogens with two attached hydrogens (primary N) is 2. The minimum absolute atomic E-state index is 0.0530. The Morgan fingerprint density at radius 2 is 1.71 bits per heavy atom. The monoisotopic (exact) mass is 455 g/mol. The first-order valence-electron chi connectivity index (χ1n) is 10.6. The molecule has 172 valence electrons. The van der Waals surface area contributed by atoms with Crippen molar-refractivity contribution in [2.75, 3.05) is 0 Å². The molecule has 1 aromatic heterocycles. The van der Waals surface area contributed by atoms with Crippen LogP contribution in [0.4, 0.5) is 17.1 Å². The molecule has 0 saturated heterocycles. The summed E-state index contributed by atoms with van der Waals surface area (Å²) in [6, 6.07) is 18.0. The first-order valence-corrected chi connectivity index (χ1v) is 10.6. The number of nitrogens with zero attached hydrogens (tertiary/aromatic N) is 4. The van der Waals surface area contributed by atoms with Crippen molar-refractivity contribution < 1.29 is 5.11 Å². The predicted molar refractivity (Wildman–Crippen MR) is 134 cm³/mol. The molecular formula is C25H25N7O2. The van der Waals surface area contributed by atoms with Crippen LogP contribution in [0.2, 0.25) is 0 Å². The molecule has 0 unspecified atom stereocenters. The maximum Gasteiger partial charge on any atom is 0.299 e. The number of rotatable bonds is 5. The maximum absolute atomic E-state index is 13.0. The summed E-state index contributed by atoms with van der Waals surface area (Å²) in [4.78, 5) is 16.9. The van der Waals surface area contributed by atoms with Gasteiger partial charge in [-0.1, -0.05) is 30.3 Å². The SMILES string of the molecule is Cc1ccc(-n2[nH]c(C)c(N=Nc3cccc(-c4cccc(N=C(N)N)c4O)c3)c2=O)cc1C. The minimum atomic E-state index is -0.289. The van der Waals surface area contributed by atoms with Crippen molar-refractivity contribution in [2.24, 2.45) is 26.7 Å². The van der Waals surface area contributed by atoms with Gasteiger partial charge in [-0.05, 0) is 67.8 Å². The Morgan fingerprint density at radius 1 is 0.941 bits per heavy atom. The van der Waals surface area contributed by atoms with Gasteiger partial charge in [-0.25, -0.2) is 9.67 Å². The van der Waals surface area contributed by atoms with Gasteiger partial charge in [0.25, 0.3) is 5.56 Å². The molecule has 4 aromatic rings. The highest BCUT2D eigenvalue weighted by molar-refractivity contribution is 5.84. The van der Waals surface area contributed by atoms with Crippen molar-refractivity contribution in [1.29, 1.82) is 0 Å². The third-order valence-corrected chi connectivity index (χ3v) is 5.48. The Balaban J connectivity index is 1.67. The molecule has 0 saturated carbocycles. The molecule has 4 rings (SSSR count). The second-order valence-corrected chi connectivity index (χ2v) is 7.95. The summed E-state index contributed by atoms with van der Waals surface area (Å²) in [5.74, 6) is -0.203. The number of aromatic amines is 1. The number of hydrogen-bond donors (Lipinski definition) is 4. The van der Waals surface area contributed by atoms with Gasteiger partial charge in [0.1, 0.15) is 11.4 Å². The highest BCUT2D eigenvalue weighted by atomic mass is 16.3. The van der Waals surface area contributed by atoms with Crippen molar-refractivity contribution in [1.82, 2.24) is 9.78 Å². The lowest BCUT2D eigenvalue weighted by atomic mass is 10.0. The fourth-order valence-electron chi connectivity index (χ4n) is 3.54. The van der Waals surface area contributed by atoms with Gasteiger partial charge in [-0.3, -0.25) is 9.89 Å². The summed E-state index contributed by atoms with van der Waals surface area (Å²) in [7, 11) is 0. The van der Waals surface area contributed by atoms with Crippen LogP contribution in [0.1, 0.15) is 16.8 Å². The van der Waals surface area contributed by atoms with Crippen LogP contribution in [0.5, 0.6) is 5.75 Å². The van der Waals surface area contributed by atoms with E-state index in [2.05, 4.69) is 20.3 Å². The van der Waals surface area contributed by atoms with Gasteiger partial charge in [0.15, 0.2) is 11.6 Å². The Labute approximate surface area is 196 Å². The molecular weight excluding hydrogens is 430 g/mol. The Kier molecular flexibility index (Phi) is 6.01. The van der Waals surface area contributed by atoms with Gasteiger partial charge >= 0.3 is 0 Å². The minimum Gasteiger partial charge on any atom is -0.505 e. The van der Waals surface area contributed by atoms with Crippen LogP contribution >= 0.6 is 0 Å². The van der Waals surface area contributed by atoms with Crippen molar-refractivity contribution in [2.45, 2.75) is 20.8 Å². The van der Waals surface area contributed by atoms with Crippen molar-refractivity contribution >= 4 is 23.0 Å². The molecule has 3 aromatic carbocycles. The van der Waals surface area contributed by atoms with Gasteiger partial charge < -0.3 is 16.6 Å². The van der Waals surface area contributed by atoms with Gasteiger partial charge in [-0.2, -0.15) is 5.11 Å². The number of azo groups is 1. The van der Waals surface area contributed by atoms with E-state index in [0.717, 1.165) is 16.8 Å². The number of benzene rings is 3. The number of aryl methyl sites for hydroxylation is 3. The van der Waals surface area contributed by atoms with Crippen LogP contribution in [-0.4, -0.2) is 20.8 Å². The summed E-state index contributed by atoms with van der Waals surface area (Å²) < 4.78 is 1.46. The van der Waals surface area contributed by atoms with Crippen molar-refractivity contribution in [3.63, 3.8) is 0 Å². The zero-order valence-corrected chi connectivity index (χ0v) is 19.1. The normalized spacial score (nSPS) is 11.1. The van der Waals surface area contributed by atoms with Crippen LogP contribution in [0, 0.1) is 20.8 Å². The van der Waals surface area contributed by atoms with E-state index >= 15 is 0 Å². The standard InChI is InChI=1S/C25H25N7O2/c1-14-10-11-19(12-15(14)2)32-24(34)22(16(3)31-32)30-29-18-7-4-6-17(13-18)20-8-5-9-21(23(20)33)28-25(26)27/h4-13,31,33H,1-3H3,(H4,26,27,28). The number of para-hydroxylation sites is 1. The number of H-pyrrole nitrogens is 1. The third kappa shape index (κ3) is 4.44. The van der Waals surface area contributed by atoms with E-state index in [0.29, 0.717) is 22.5 Å². The van der Waals surface area contributed by atoms with Crippen molar-refractivity contribution in [3.05, 3.63) is 87.8 Å². The molecule has 34 heavy (non-hydrogen) atoms. The topological polar surface area (TPSA) is 147 Å². The molecule has 9 heteroatoms. The fourth-order valence-corrected chi connectivity index (χ4v) is 3.54. The lowest BCUT2D eigenvalue weighted by Gasteiger charge is -2.08. The number of guanidine groups is 1. The number of aromatic nitrogens is 2. The predicted octanol–water partition coefficient (Wildman–Crippen LogP) is 4.78. The molecule has 0 atom stereocenters. The van der Waals surface area contributed by atoms with Crippen LogP contribution in [0.15, 0.2) is 80.7 Å². The first-order chi connectivity index (χ1) is 16.2. The lowest BCUT2D eigenvalue weighted by Crippen LogP contribution is -2.21. The smallest absolute Gasteiger partial charge is 0.299 e. The van der Waals surface area contributed by atoms with Crippen LogP contribution in [0.3, 0.4) is 0 Å². The quantitative estimate of drug-likeness (QED) is 0.195. The number of nitrogens with one attached hydrogen (secondary N) is 1. The van der Waals surface area contributed by atoms with E-state index < -0.39 is 0 Å². The van der Waals surface area contributed by atoms with E-state index in [-0.39, 0.29) is 28.6 Å². The van der Waals surface area contributed by atoms with E-state index in [1.165, 1.54) is 4.68 Å². The van der Waals surface area contributed by atoms with Gasteiger partial charge in [0, 0.05) is 5.56 Å². The number of aliphatic imine (C=N–C) groups is 1. The maximum atomic E-state index is 13.0.